The summed E-state index contributed by atoms with van der Waals surface area (Å²) < 4.78 is 13.5. The molecular weight excluding hydrogens is 201 g/mol. The second-order valence-electron chi connectivity index (χ2n) is 3.67. The van der Waals surface area contributed by atoms with E-state index in [2.05, 4.69) is 0 Å². The lowest BCUT2D eigenvalue weighted by atomic mass is 9.98. The zero-order valence-electron chi connectivity index (χ0n) is 9.00. The number of rotatable bonds is 2. The predicted molar refractivity (Wildman–Crippen MR) is 63.5 cm³/mol. The summed E-state index contributed by atoms with van der Waals surface area (Å²) >= 11 is 0. The number of aryl methyl sites for hydroxylation is 1. The van der Waals surface area contributed by atoms with E-state index in [9.17, 15) is 4.39 Å². The summed E-state index contributed by atoms with van der Waals surface area (Å²) in [6, 6.07) is 13.9. The minimum Gasteiger partial charge on any atom is -0.300 e. The van der Waals surface area contributed by atoms with Gasteiger partial charge in [0.15, 0.2) is 0 Å². The summed E-state index contributed by atoms with van der Waals surface area (Å²) in [5.74, 6) is -0.351. The largest absolute Gasteiger partial charge is 0.300 e. The van der Waals surface area contributed by atoms with Crippen molar-refractivity contribution in [2.45, 2.75) is 6.92 Å². The van der Waals surface area contributed by atoms with Gasteiger partial charge in [0, 0.05) is 11.1 Å². The molecule has 2 aromatic rings. The molecule has 0 aliphatic carbocycles. The quantitative estimate of drug-likeness (QED) is 0.738. The molecule has 2 aromatic carbocycles. The van der Waals surface area contributed by atoms with Crippen molar-refractivity contribution in [1.82, 2.24) is 0 Å². The van der Waals surface area contributed by atoms with Crippen molar-refractivity contribution in [3.05, 3.63) is 71.0 Å². The van der Waals surface area contributed by atoms with Crippen LogP contribution in [0.3, 0.4) is 0 Å². The van der Waals surface area contributed by atoms with E-state index in [1.54, 1.807) is 18.2 Å². The smallest absolute Gasteiger partial charge is 0.132 e. The zero-order chi connectivity index (χ0) is 11.5. The first-order valence-corrected chi connectivity index (χ1v) is 5.09. The van der Waals surface area contributed by atoms with E-state index in [0.29, 0.717) is 5.56 Å². The fourth-order valence-electron chi connectivity index (χ4n) is 1.66. The molecule has 0 fully saturated rings. The molecule has 0 aliphatic rings. The second-order valence-corrected chi connectivity index (χ2v) is 3.67. The van der Waals surface area contributed by atoms with E-state index in [1.807, 2.05) is 31.2 Å². The first-order chi connectivity index (χ1) is 7.70. The molecule has 0 amide bonds. The van der Waals surface area contributed by atoms with Crippen molar-refractivity contribution in [2.24, 2.45) is 0 Å². The Labute approximate surface area is 94.1 Å². The van der Waals surface area contributed by atoms with Gasteiger partial charge in [-0.15, -0.1) is 0 Å². The van der Waals surface area contributed by atoms with Gasteiger partial charge in [-0.3, -0.25) is 5.41 Å². The van der Waals surface area contributed by atoms with Gasteiger partial charge in [-0.1, -0.05) is 36.4 Å². The molecule has 0 bridgehead atoms. The van der Waals surface area contributed by atoms with Crippen molar-refractivity contribution in [2.75, 3.05) is 0 Å². The maximum absolute atomic E-state index is 13.5. The van der Waals surface area contributed by atoms with Crippen molar-refractivity contribution < 1.29 is 4.39 Å². The molecule has 0 saturated carbocycles. The average Bonchev–Trinajstić information content (AvgIpc) is 2.29. The Kier molecular flexibility index (Phi) is 2.82. The first-order valence-electron chi connectivity index (χ1n) is 5.09. The highest BCUT2D eigenvalue weighted by atomic mass is 19.1. The van der Waals surface area contributed by atoms with E-state index in [-0.39, 0.29) is 11.5 Å². The van der Waals surface area contributed by atoms with Crippen LogP contribution in [-0.2, 0) is 0 Å². The highest BCUT2D eigenvalue weighted by Crippen LogP contribution is 2.15. The maximum atomic E-state index is 13.5. The summed E-state index contributed by atoms with van der Waals surface area (Å²) in [4.78, 5) is 0. The van der Waals surface area contributed by atoms with Crippen LogP contribution in [0.25, 0.3) is 0 Å². The number of hydrogen-bond acceptors (Lipinski definition) is 1. The molecule has 0 saturated heterocycles. The third-order valence-electron chi connectivity index (χ3n) is 2.56. The molecule has 0 aromatic heterocycles. The van der Waals surface area contributed by atoms with Crippen LogP contribution in [0.1, 0.15) is 16.7 Å². The third-order valence-corrected chi connectivity index (χ3v) is 2.56. The van der Waals surface area contributed by atoms with Crippen LogP contribution >= 0.6 is 0 Å². The lowest BCUT2D eigenvalue weighted by Crippen LogP contribution is -2.05. The molecule has 2 rings (SSSR count). The second kappa shape index (κ2) is 4.27. The van der Waals surface area contributed by atoms with Crippen LogP contribution in [-0.4, -0.2) is 5.71 Å². The van der Waals surface area contributed by atoms with Crippen LogP contribution < -0.4 is 0 Å². The van der Waals surface area contributed by atoms with Crippen LogP contribution in [0.4, 0.5) is 4.39 Å². The summed E-state index contributed by atoms with van der Waals surface area (Å²) in [6.45, 7) is 1.92. The number of halogens is 1. The molecule has 1 N–H and O–H groups in total. The number of hydrogen-bond donors (Lipinski definition) is 1. The van der Waals surface area contributed by atoms with E-state index in [1.165, 1.54) is 6.07 Å². The van der Waals surface area contributed by atoms with Gasteiger partial charge in [-0.25, -0.2) is 4.39 Å². The maximum Gasteiger partial charge on any atom is 0.132 e. The van der Waals surface area contributed by atoms with Gasteiger partial charge in [0.1, 0.15) is 5.82 Å². The minimum atomic E-state index is -0.351. The van der Waals surface area contributed by atoms with Crippen molar-refractivity contribution >= 4 is 5.71 Å². The molecular formula is C14H12FN. The fourth-order valence-corrected chi connectivity index (χ4v) is 1.66. The Hall–Kier alpha value is -1.96. The Balaban J connectivity index is 2.48. The van der Waals surface area contributed by atoms with Gasteiger partial charge in [-0.2, -0.15) is 0 Å². The highest BCUT2D eigenvalue weighted by molar-refractivity contribution is 6.11. The van der Waals surface area contributed by atoms with Gasteiger partial charge in [0.05, 0.1) is 5.71 Å². The molecule has 0 atom stereocenters. The number of benzene rings is 2. The standard InChI is InChI=1S/C14H12FN/c1-10-6-2-3-7-11(10)14(16)12-8-4-5-9-13(12)15/h2-9,16H,1H3. The normalized spacial score (nSPS) is 10.1. The van der Waals surface area contributed by atoms with Crippen LogP contribution in [0.5, 0.6) is 0 Å². The van der Waals surface area contributed by atoms with Crippen molar-refractivity contribution in [3.8, 4) is 0 Å². The Morgan fingerprint density at radius 1 is 0.938 bits per heavy atom. The third kappa shape index (κ3) is 1.87. The highest BCUT2D eigenvalue weighted by Gasteiger charge is 2.10. The molecule has 16 heavy (non-hydrogen) atoms. The summed E-state index contributed by atoms with van der Waals surface area (Å²) in [7, 11) is 0. The summed E-state index contributed by atoms with van der Waals surface area (Å²) in [6.07, 6.45) is 0. The van der Waals surface area contributed by atoms with E-state index in [4.69, 9.17) is 5.41 Å². The Bertz CT molecular complexity index is 484. The van der Waals surface area contributed by atoms with Gasteiger partial charge < -0.3 is 0 Å². The average molecular weight is 213 g/mol. The molecule has 0 unspecified atom stereocenters. The Morgan fingerprint density at radius 2 is 1.50 bits per heavy atom. The lowest BCUT2D eigenvalue weighted by Gasteiger charge is -2.08. The number of nitrogens with one attached hydrogen (secondary N) is 1. The molecule has 0 heterocycles. The van der Waals surface area contributed by atoms with Gasteiger partial charge in [-0.05, 0) is 24.6 Å². The first kappa shape index (κ1) is 10.6. The molecule has 0 radical (unpaired) electrons. The Morgan fingerprint density at radius 3 is 2.12 bits per heavy atom. The SMILES string of the molecule is Cc1ccccc1C(=N)c1ccccc1F. The van der Waals surface area contributed by atoms with Crippen molar-refractivity contribution in [3.63, 3.8) is 0 Å². The van der Waals surface area contributed by atoms with E-state index in [0.717, 1.165) is 11.1 Å². The van der Waals surface area contributed by atoms with E-state index < -0.39 is 0 Å². The van der Waals surface area contributed by atoms with Gasteiger partial charge >= 0.3 is 0 Å². The fraction of sp³-hybridized carbons (Fsp3) is 0.0714. The van der Waals surface area contributed by atoms with Crippen LogP contribution in [0, 0.1) is 18.2 Å². The summed E-state index contributed by atoms with van der Waals surface area (Å²) in [5.41, 5.74) is 2.33. The van der Waals surface area contributed by atoms with Gasteiger partial charge in [0.2, 0.25) is 0 Å². The minimum absolute atomic E-state index is 0.233. The monoisotopic (exact) mass is 213 g/mol. The van der Waals surface area contributed by atoms with Crippen LogP contribution in [0.15, 0.2) is 48.5 Å². The molecule has 80 valence electrons. The predicted octanol–water partition coefficient (Wildman–Crippen LogP) is 3.55. The zero-order valence-corrected chi connectivity index (χ0v) is 9.00. The summed E-state index contributed by atoms with van der Waals surface area (Å²) in [5, 5.41) is 8.01. The molecule has 1 nitrogen and oxygen atoms in total. The van der Waals surface area contributed by atoms with Crippen LogP contribution in [0.2, 0.25) is 0 Å². The van der Waals surface area contributed by atoms with Gasteiger partial charge in [0.25, 0.3) is 0 Å². The molecule has 0 spiro atoms. The van der Waals surface area contributed by atoms with E-state index >= 15 is 0 Å². The molecule has 0 aliphatic heterocycles. The topological polar surface area (TPSA) is 23.9 Å². The molecule has 2 heteroatoms. The lowest BCUT2D eigenvalue weighted by molar-refractivity contribution is 0.625. The van der Waals surface area contributed by atoms with Crippen molar-refractivity contribution in [1.29, 1.82) is 5.41 Å².